The summed E-state index contributed by atoms with van der Waals surface area (Å²) < 4.78 is 5.56. The molecule has 0 atom stereocenters. The third-order valence-corrected chi connectivity index (χ3v) is 2.77. The second kappa shape index (κ2) is 3.78. The number of hydrogen-bond acceptors (Lipinski definition) is 2. The smallest absolute Gasteiger partial charge is 0.149 e. The molecule has 0 unspecified atom stereocenters. The normalized spacial score (nSPS) is 14.8. The van der Waals surface area contributed by atoms with Gasteiger partial charge in [-0.2, -0.15) is 0 Å². The van der Waals surface area contributed by atoms with Crippen molar-refractivity contribution in [2.45, 2.75) is 26.2 Å². The first-order valence-electron chi connectivity index (χ1n) is 5.44. The van der Waals surface area contributed by atoms with Crippen LogP contribution in [0.5, 0.6) is 5.75 Å². The van der Waals surface area contributed by atoms with E-state index in [0.717, 1.165) is 17.6 Å². The van der Waals surface area contributed by atoms with Crippen molar-refractivity contribution in [1.82, 2.24) is 0 Å². The lowest BCUT2D eigenvalue weighted by Gasteiger charge is -2.22. The molecule has 2 heteroatoms. The van der Waals surface area contributed by atoms with E-state index in [4.69, 9.17) is 4.74 Å². The third kappa shape index (κ3) is 2.01. The number of rotatable bonds is 1. The first kappa shape index (κ1) is 10.9. The van der Waals surface area contributed by atoms with Gasteiger partial charge in [0.05, 0.1) is 0 Å². The van der Waals surface area contributed by atoms with Crippen LogP contribution in [0.3, 0.4) is 0 Å². The molecule has 1 aliphatic rings. The lowest BCUT2D eigenvalue weighted by molar-refractivity contribution is -0.105. The third-order valence-electron chi connectivity index (χ3n) is 2.77. The molecule has 0 N–H and O–H groups in total. The molecule has 0 saturated heterocycles. The van der Waals surface area contributed by atoms with Crippen molar-refractivity contribution in [1.29, 1.82) is 0 Å². The average Bonchev–Trinajstić information content (AvgIpc) is 2.26. The van der Waals surface area contributed by atoms with Gasteiger partial charge in [0.1, 0.15) is 18.6 Å². The summed E-state index contributed by atoms with van der Waals surface area (Å²) in [5, 5.41) is 0. The van der Waals surface area contributed by atoms with Gasteiger partial charge in [0.15, 0.2) is 0 Å². The maximum absolute atomic E-state index is 10.6. The van der Waals surface area contributed by atoms with Gasteiger partial charge >= 0.3 is 0 Å². The fraction of sp³-hybridized carbons (Fsp3) is 0.357. The maximum atomic E-state index is 10.6. The Morgan fingerprint density at radius 2 is 2.06 bits per heavy atom. The first-order valence-corrected chi connectivity index (χ1v) is 5.44. The predicted molar refractivity (Wildman–Crippen MR) is 64.7 cm³/mol. The fourth-order valence-corrected chi connectivity index (χ4v) is 1.72. The summed E-state index contributed by atoms with van der Waals surface area (Å²) in [6.07, 6.45) is 2.74. The van der Waals surface area contributed by atoms with E-state index in [1.54, 1.807) is 0 Å². The van der Waals surface area contributed by atoms with E-state index in [0.29, 0.717) is 12.2 Å². The van der Waals surface area contributed by atoms with Crippen LogP contribution in [-0.4, -0.2) is 12.9 Å². The van der Waals surface area contributed by atoms with E-state index < -0.39 is 0 Å². The highest BCUT2D eigenvalue weighted by molar-refractivity contribution is 5.84. The van der Waals surface area contributed by atoms with Crippen LogP contribution in [0.4, 0.5) is 0 Å². The Balaban J connectivity index is 2.43. The SMILES string of the molecule is CC(C)(C)c1ccc2c(c1)OCC(C=O)=C2. The zero-order valence-corrected chi connectivity index (χ0v) is 9.91. The Hall–Kier alpha value is -1.57. The van der Waals surface area contributed by atoms with Crippen LogP contribution < -0.4 is 4.74 Å². The van der Waals surface area contributed by atoms with Crippen molar-refractivity contribution >= 4 is 12.4 Å². The van der Waals surface area contributed by atoms with Gasteiger partial charge in [-0.05, 0) is 23.1 Å². The second-order valence-corrected chi connectivity index (χ2v) is 5.13. The molecule has 2 rings (SSSR count). The van der Waals surface area contributed by atoms with E-state index in [1.807, 2.05) is 12.1 Å². The molecule has 1 aliphatic heterocycles. The standard InChI is InChI=1S/C14H16O2/c1-14(2,3)12-5-4-11-6-10(8-15)9-16-13(11)7-12/h4-8H,9H2,1-3H3. The molecular formula is C14H16O2. The fourth-order valence-electron chi connectivity index (χ4n) is 1.72. The number of fused-ring (bicyclic) bond motifs is 1. The average molecular weight is 216 g/mol. The summed E-state index contributed by atoms with van der Waals surface area (Å²) in [5.41, 5.74) is 3.04. The highest BCUT2D eigenvalue weighted by atomic mass is 16.5. The van der Waals surface area contributed by atoms with Crippen LogP contribution >= 0.6 is 0 Å². The summed E-state index contributed by atoms with van der Waals surface area (Å²) in [7, 11) is 0. The molecule has 0 radical (unpaired) electrons. The number of carbonyl (C=O) groups is 1. The number of hydrogen-bond donors (Lipinski definition) is 0. The quantitative estimate of drug-likeness (QED) is 0.675. The molecule has 0 fully saturated rings. The molecular weight excluding hydrogens is 200 g/mol. The van der Waals surface area contributed by atoms with Gasteiger partial charge < -0.3 is 4.74 Å². The number of carbonyl (C=O) groups excluding carboxylic acids is 1. The minimum Gasteiger partial charge on any atom is -0.488 e. The summed E-state index contributed by atoms with van der Waals surface area (Å²) in [4.78, 5) is 10.6. The van der Waals surface area contributed by atoms with Crippen LogP contribution in [0.1, 0.15) is 31.9 Å². The molecule has 84 valence electrons. The Kier molecular flexibility index (Phi) is 2.58. The van der Waals surface area contributed by atoms with Crippen LogP contribution in [0.2, 0.25) is 0 Å². The zero-order valence-electron chi connectivity index (χ0n) is 9.91. The van der Waals surface area contributed by atoms with Gasteiger partial charge in [-0.25, -0.2) is 0 Å². The van der Waals surface area contributed by atoms with Gasteiger partial charge in [-0.15, -0.1) is 0 Å². The van der Waals surface area contributed by atoms with Crippen molar-refractivity contribution in [3.8, 4) is 5.75 Å². The summed E-state index contributed by atoms with van der Waals surface area (Å²) >= 11 is 0. The first-order chi connectivity index (χ1) is 7.50. The molecule has 0 aliphatic carbocycles. The van der Waals surface area contributed by atoms with Crippen LogP contribution in [0.25, 0.3) is 6.08 Å². The Bertz CT molecular complexity index is 450. The van der Waals surface area contributed by atoms with Crippen LogP contribution in [0, 0.1) is 0 Å². The number of benzene rings is 1. The minimum atomic E-state index is 0.118. The van der Waals surface area contributed by atoms with E-state index in [9.17, 15) is 4.79 Å². The Labute approximate surface area is 95.9 Å². The molecule has 0 saturated carbocycles. The molecule has 2 nitrogen and oxygen atoms in total. The molecule has 0 amide bonds. The number of aldehydes is 1. The van der Waals surface area contributed by atoms with Crippen molar-refractivity contribution < 1.29 is 9.53 Å². The molecule has 0 bridgehead atoms. The molecule has 0 aromatic heterocycles. The maximum Gasteiger partial charge on any atom is 0.149 e. The largest absolute Gasteiger partial charge is 0.488 e. The Morgan fingerprint density at radius 1 is 1.31 bits per heavy atom. The number of ether oxygens (including phenoxy) is 1. The lowest BCUT2D eigenvalue weighted by Crippen LogP contribution is -2.13. The predicted octanol–water partition coefficient (Wildman–Crippen LogP) is 2.96. The highest BCUT2D eigenvalue weighted by Crippen LogP contribution is 2.31. The van der Waals surface area contributed by atoms with Gasteiger partial charge in [0.25, 0.3) is 0 Å². The minimum absolute atomic E-state index is 0.118. The second-order valence-electron chi connectivity index (χ2n) is 5.13. The topological polar surface area (TPSA) is 26.3 Å². The van der Waals surface area contributed by atoms with Gasteiger partial charge in [0, 0.05) is 11.1 Å². The van der Waals surface area contributed by atoms with Crippen molar-refractivity contribution in [3.63, 3.8) is 0 Å². The zero-order chi connectivity index (χ0) is 11.8. The molecule has 1 aromatic rings. The monoisotopic (exact) mass is 216 g/mol. The van der Waals surface area contributed by atoms with Crippen molar-refractivity contribution in [3.05, 3.63) is 34.9 Å². The van der Waals surface area contributed by atoms with Gasteiger partial charge in [-0.1, -0.05) is 32.9 Å². The molecule has 0 spiro atoms. The molecule has 1 heterocycles. The van der Waals surface area contributed by atoms with Gasteiger partial charge in [0.2, 0.25) is 0 Å². The van der Waals surface area contributed by atoms with Crippen LogP contribution in [-0.2, 0) is 10.2 Å². The van der Waals surface area contributed by atoms with E-state index in [-0.39, 0.29) is 5.41 Å². The molecule has 16 heavy (non-hydrogen) atoms. The van der Waals surface area contributed by atoms with Crippen molar-refractivity contribution in [2.75, 3.05) is 6.61 Å². The molecule has 1 aromatic carbocycles. The van der Waals surface area contributed by atoms with Crippen LogP contribution in [0.15, 0.2) is 23.8 Å². The van der Waals surface area contributed by atoms with E-state index in [1.165, 1.54) is 5.56 Å². The van der Waals surface area contributed by atoms with E-state index in [2.05, 4.69) is 32.9 Å². The Morgan fingerprint density at radius 3 is 2.69 bits per heavy atom. The van der Waals surface area contributed by atoms with Gasteiger partial charge in [-0.3, -0.25) is 4.79 Å². The summed E-state index contributed by atoms with van der Waals surface area (Å²) in [6, 6.07) is 6.17. The summed E-state index contributed by atoms with van der Waals surface area (Å²) in [5.74, 6) is 0.873. The van der Waals surface area contributed by atoms with Crippen molar-refractivity contribution in [2.24, 2.45) is 0 Å². The summed E-state index contributed by atoms with van der Waals surface area (Å²) in [6.45, 7) is 6.89. The lowest BCUT2D eigenvalue weighted by atomic mass is 9.86. The van der Waals surface area contributed by atoms with E-state index >= 15 is 0 Å². The highest BCUT2D eigenvalue weighted by Gasteiger charge is 2.17.